The first kappa shape index (κ1) is 3.39. The van der Waals surface area contributed by atoms with Crippen LogP contribution >= 0.6 is 8.15 Å². The molecule has 3 unspecified atom stereocenters. The molecule has 1 spiro atoms. The van der Waals surface area contributed by atoms with E-state index in [1.807, 2.05) is 0 Å². The molecule has 0 aromatic carbocycles. The lowest BCUT2D eigenvalue weighted by molar-refractivity contribution is 0.257. The zero-order valence-electron chi connectivity index (χ0n) is 3.76. The molecule has 3 heteroatoms. The quantitative estimate of drug-likeness (QED) is 0.346. The summed E-state index contributed by atoms with van der Waals surface area (Å²) in [4.78, 5) is 0. The standard InChI is InChI=1S/C4H5O2P/c1-2-7-4(6-7)3(1)5-4/h3H,1-2H2. The van der Waals surface area contributed by atoms with Crippen LogP contribution in [-0.4, -0.2) is 17.8 Å². The van der Waals surface area contributed by atoms with Gasteiger partial charge in [0.05, 0.1) is 8.15 Å². The molecular formula is C4H5O2P. The third kappa shape index (κ3) is 0.220. The Balaban J connectivity index is 2.12. The first-order valence-electron chi connectivity index (χ1n) is 2.56. The molecule has 0 aromatic heterocycles. The van der Waals surface area contributed by atoms with Crippen LogP contribution in [0.25, 0.3) is 0 Å². The first-order chi connectivity index (χ1) is 3.42. The molecule has 3 heterocycles. The molecule has 0 amide bonds. The van der Waals surface area contributed by atoms with Crippen LogP contribution in [0.2, 0.25) is 0 Å². The molecule has 0 bridgehead atoms. The van der Waals surface area contributed by atoms with Crippen LogP contribution in [0.4, 0.5) is 0 Å². The maximum Gasteiger partial charge on any atom is 0.243 e. The highest BCUT2D eigenvalue weighted by molar-refractivity contribution is 7.61. The minimum absolute atomic E-state index is 0.0285. The van der Waals surface area contributed by atoms with Crippen LogP contribution in [0.15, 0.2) is 0 Å². The Morgan fingerprint density at radius 2 is 2.71 bits per heavy atom. The van der Waals surface area contributed by atoms with Crippen molar-refractivity contribution in [3.05, 3.63) is 0 Å². The Hall–Kier alpha value is 0.350. The largest absolute Gasteiger partial charge is 0.333 e. The minimum atomic E-state index is -0.0285. The van der Waals surface area contributed by atoms with Gasteiger partial charge in [0.2, 0.25) is 5.53 Å². The number of ether oxygens (including phenoxy) is 1. The molecule has 0 N–H and O–H groups in total. The van der Waals surface area contributed by atoms with E-state index >= 15 is 0 Å². The molecule has 3 atom stereocenters. The number of hydrogen-bond donors (Lipinski definition) is 0. The Morgan fingerprint density at radius 3 is 2.86 bits per heavy atom. The SMILES string of the molecule is C1CP2OC23OC13. The first-order valence-corrected chi connectivity index (χ1v) is 4.01. The summed E-state index contributed by atoms with van der Waals surface area (Å²) in [5.74, 6) is 0. The van der Waals surface area contributed by atoms with Crippen LogP contribution in [0.1, 0.15) is 6.42 Å². The molecule has 3 rings (SSSR count). The van der Waals surface area contributed by atoms with Gasteiger partial charge in [-0.15, -0.1) is 0 Å². The molecule has 0 aromatic rings. The van der Waals surface area contributed by atoms with E-state index in [0.29, 0.717) is 6.10 Å². The molecule has 3 aliphatic heterocycles. The molecule has 3 saturated heterocycles. The van der Waals surface area contributed by atoms with E-state index < -0.39 is 0 Å². The number of rotatable bonds is 0. The second-order valence-electron chi connectivity index (χ2n) is 2.22. The zero-order valence-corrected chi connectivity index (χ0v) is 4.65. The molecular weight excluding hydrogens is 111 g/mol. The second kappa shape index (κ2) is 0.680. The van der Waals surface area contributed by atoms with E-state index in [-0.39, 0.29) is 13.7 Å². The van der Waals surface area contributed by atoms with Gasteiger partial charge in [-0.3, -0.25) is 0 Å². The van der Waals surface area contributed by atoms with Crippen LogP contribution in [0.5, 0.6) is 0 Å². The second-order valence-corrected chi connectivity index (χ2v) is 4.23. The van der Waals surface area contributed by atoms with Crippen LogP contribution in [0.3, 0.4) is 0 Å². The van der Waals surface area contributed by atoms with Gasteiger partial charge in [-0.1, -0.05) is 0 Å². The smallest absolute Gasteiger partial charge is 0.243 e. The summed E-state index contributed by atoms with van der Waals surface area (Å²) in [5, 5.41) is 0. The van der Waals surface area contributed by atoms with Crippen molar-refractivity contribution in [2.45, 2.75) is 18.1 Å². The van der Waals surface area contributed by atoms with Crippen LogP contribution < -0.4 is 0 Å². The Morgan fingerprint density at radius 1 is 1.71 bits per heavy atom. The fraction of sp³-hybridized carbons (Fsp3) is 1.00. The van der Waals surface area contributed by atoms with Crippen LogP contribution in [-0.2, 0) is 9.26 Å². The highest BCUT2D eigenvalue weighted by Crippen LogP contribution is 2.86. The van der Waals surface area contributed by atoms with Gasteiger partial charge in [0.15, 0.2) is 0 Å². The third-order valence-corrected chi connectivity index (χ3v) is 3.98. The lowest BCUT2D eigenvalue weighted by atomic mass is 10.4. The van der Waals surface area contributed by atoms with Gasteiger partial charge in [0.1, 0.15) is 6.10 Å². The summed E-state index contributed by atoms with van der Waals surface area (Å²) in [7, 11) is -0.0285. The highest BCUT2D eigenvalue weighted by atomic mass is 31.2. The van der Waals surface area contributed by atoms with Gasteiger partial charge in [0.25, 0.3) is 0 Å². The van der Waals surface area contributed by atoms with E-state index in [1.54, 1.807) is 0 Å². The average molecular weight is 116 g/mol. The molecule has 0 radical (unpaired) electrons. The highest BCUT2D eigenvalue weighted by Gasteiger charge is 2.80. The van der Waals surface area contributed by atoms with Crippen molar-refractivity contribution in [2.24, 2.45) is 0 Å². The number of epoxide rings is 1. The Bertz CT molecular complexity index is 116. The molecule has 3 fully saturated rings. The van der Waals surface area contributed by atoms with E-state index in [2.05, 4.69) is 0 Å². The summed E-state index contributed by atoms with van der Waals surface area (Å²) in [5.41, 5.74) is 0.0926. The van der Waals surface area contributed by atoms with E-state index in [1.165, 1.54) is 12.6 Å². The molecule has 0 saturated carbocycles. The summed E-state index contributed by atoms with van der Waals surface area (Å²) < 4.78 is 10.5. The van der Waals surface area contributed by atoms with Gasteiger partial charge in [-0.25, -0.2) is 0 Å². The molecule has 0 aliphatic carbocycles. The van der Waals surface area contributed by atoms with Gasteiger partial charge >= 0.3 is 0 Å². The fourth-order valence-electron chi connectivity index (χ4n) is 1.28. The third-order valence-electron chi connectivity index (χ3n) is 1.81. The lowest BCUT2D eigenvalue weighted by Gasteiger charge is -1.81. The topological polar surface area (TPSA) is 25.1 Å². The maximum absolute atomic E-state index is 5.26. The predicted octanol–water partition coefficient (Wildman–Crippen LogP) is 0.870. The van der Waals surface area contributed by atoms with Crippen molar-refractivity contribution in [3.8, 4) is 0 Å². The molecule has 38 valence electrons. The van der Waals surface area contributed by atoms with Gasteiger partial charge in [0, 0.05) is 0 Å². The van der Waals surface area contributed by atoms with E-state index in [0.717, 1.165) is 0 Å². The van der Waals surface area contributed by atoms with Crippen molar-refractivity contribution >= 4 is 8.15 Å². The molecule has 7 heavy (non-hydrogen) atoms. The maximum atomic E-state index is 5.26. The molecule has 2 nitrogen and oxygen atoms in total. The summed E-state index contributed by atoms with van der Waals surface area (Å²) in [6.45, 7) is 0. The van der Waals surface area contributed by atoms with Crippen molar-refractivity contribution in [1.82, 2.24) is 0 Å². The number of hydrogen-bond acceptors (Lipinski definition) is 2. The predicted molar refractivity (Wildman–Crippen MR) is 25.1 cm³/mol. The average Bonchev–Trinajstić information content (AvgIpc) is 2.49. The van der Waals surface area contributed by atoms with Crippen molar-refractivity contribution < 1.29 is 9.26 Å². The molecule has 3 aliphatic rings. The normalized spacial score (nSPS) is 72.0. The summed E-state index contributed by atoms with van der Waals surface area (Å²) >= 11 is 0. The minimum Gasteiger partial charge on any atom is -0.333 e. The van der Waals surface area contributed by atoms with Crippen molar-refractivity contribution in [1.29, 1.82) is 0 Å². The monoisotopic (exact) mass is 116 g/mol. The summed E-state index contributed by atoms with van der Waals surface area (Å²) in [6.07, 6.45) is 3.12. The fourth-order valence-corrected chi connectivity index (χ4v) is 3.46. The Labute approximate surface area is 42.6 Å². The summed E-state index contributed by atoms with van der Waals surface area (Å²) in [6, 6.07) is 0. The van der Waals surface area contributed by atoms with Gasteiger partial charge < -0.3 is 9.26 Å². The van der Waals surface area contributed by atoms with E-state index in [4.69, 9.17) is 9.26 Å². The van der Waals surface area contributed by atoms with Crippen molar-refractivity contribution in [2.75, 3.05) is 6.16 Å². The van der Waals surface area contributed by atoms with Crippen molar-refractivity contribution in [3.63, 3.8) is 0 Å². The van der Waals surface area contributed by atoms with E-state index in [9.17, 15) is 0 Å². The Kier molecular flexibility index (Phi) is 0.329. The van der Waals surface area contributed by atoms with Gasteiger partial charge in [-0.05, 0) is 12.6 Å². The zero-order chi connectivity index (χ0) is 4.48. The van der Waals surface area contributed by atoms with Crippen LogP contribution in [0, 0.1) is 0 Å². The van der Waals surface area contributed by atoms with Gasteiger partial charge in [-0.2, -0.15) is 0 Å². The lowest BCUT2D eigenvalue weighted by Crippen LogP contribution is -1.85.